The van der Waals surface area contributed by atoms with Crippen LogP contribution in [-0.2, 0) is 10.0 Å². The zero-order chi connectivity index (χ0) is 15.8. The van der Waals surface area contributed by atoms with Gasteiger partial charge in [-0.25, -0.2) is 12.8 Å². The second-order valence-corrected chi connectivity index (χ2v) is 7.82. The summed E-state index contributed by atoms with van der Waals surface area (Å²) in [7, 11) is -0.561. The maximum absolute atomic E-state index is 14.0. The van der Waals surface area contributed by atoms with E-state index >= 15 is 0 Å². The standard InChI is InChI=1S/C13H19ClFN3O2S/c1-17-5-3-4-10(17)8-18(2)21(19,20)12-7-9(14)6-11(16)13(12)15/h6-7,10H,3-5,8,16H2,1-2H3. The van der Waals surface area contributed by atoms with Gasteiger partial charge in [0.25, 0.3) is 0 Å². The summed E-state index contributed by atoms with van der Waals surface area (Å²) >= 11 is 5.79. The van der Waals surface area contributed by atoms with E-state index in [1.54, 1.807) is 0 Å². The Labute approximate surface area is 129 Å². The Morgan fingerprint density at radius 2 is 2.19 bits per heavy atom. The van der Waals surface area contributed by atoms with Gasteiger partial charge in [-0.15, -0.1) is 0 Å². The Bertz CT molecular complexity index is 639. The average Bonchev–Trinajstić information content (AvgIpc) is 2.79. The molecule has 118 valence electrons. The molecule has 0 bridgehead atoms. The molecule has 1 fully saturated rings. The fourth-order valence-electron chi connectivity index (χ4n) is 2.54. The van der Waals surface area contributed by atoms with Crippen molar-refractivity contribution in [2.24, 2.45) is 0 Å². The van der Waals surface area contributed by atoms with Crippen LogP contribution < -0.4 is 5.73 Å². The molecule has 0 aliphatic carbocycles. The minimum atomic E-state index is -3.96. The highest BCUT2D eigenvalue weighted by atomic mass is 35.5. The zero-order valence-corrected chi connectivity index (χ0v) is 13.6. The highest BCUT2D eigenvalue weighted by Gasteiger charge is 2.30. The number of nitrogen functional groups attached to an aromatic ring is 1. The Balaban J connectivity index is 2.29. The van der Waals surface area contributed by atoms with Gasteiger partial charge in [-0.2, -0.15) is 4.31 Å². The smallest absolute Gasteiger partial charge is 0.245 e. The summed E-state index contributed by atoms with van der Waals surface area (Å²) in [5.74, 6) is -0.953. The molecule has 1 atom stereocenters. The molecule has 2 N–H and O–H groups in total. The second kappa shape index (κ2) is 6.08. The molecule has 1 aromatic rings. The van der Waals surface area contributed by atoms with Crippen molar-refractivity contribution < 1.29 is 12.8 Å². The number of hydrogen-bond donors (Lipinski definition) is 1. The van der Waals surface area contributed by atoms with E-state index in [1.807, 2.05) is 7.05 Å². The molecule has 1 saturated heterocycles. The molecule has 5 nitrogen and oxygen atoms in total. The zero-order valence-electron chi connectivity index (χ0n) is 12.0. The highest BCUT2D eigenvalue weighted by molar-refractivity contribution is 7.89. The summed E-state index contributed by atoms with van der Waals surface area (Å²) in [6.07, 6.45) is 1.96. The van der Waals surface area contributed by atoms with Crippen molar-refractivity contribution in [3.63, 3.8) is 0 Å². The molecule has 0 aromatic heterocycles. The maximum atomic E-state index is 14.0. The largest absolute Gasteiger partial charge is 0.396 e. The first-order valence-electron chi connectivity index (χ1n) is 6.64. The lowest BCUT2D eigenvalue weighted by Crippen LogP contribution is -2.39. The van der Waals surface area contributed by atoms with Crippen molar-refractivity contribution in [2.45, 2.75) is 23.8 Å². The lowest BCUT2D eigenvalue weighted by Gasteiger charge is -2.25. The lowest BCUT2D eigenvalue weighted by molar-refractivity contribution is 0.270. The number of nitrogens with zero attached hydrogens (tertiary/aromatic N) is 2. The normalized spacial score (nSPS) is 20.3. The minimum Gasteiger partial charge on any atom is -0.396 e. The van der Waals surface area contributed by atoms with Crippen LogP contribution in [0.25, 0.3) is 0 Å². The van der Waals surface area contributed by atoms with Crippen LogP contribution in [0.5, 0.6) is 0 Å². The topological polar surface area (TPSA) is 66.6 Å². The van der Waals surface area contributed by atoms with E-state index in [4.69, 9.17) is 17.3 Å². The SMILES string of the molecule is CN1CCCC1CN(C)S(=O)(=O)c1cc(Cl)cc(N)c1F. The van der Waals surface area contributed by atoms with Crippen molar-refractivity contribution in [2.75, 3.05) is 32.9 Å². The minimum absolute atomic E-state index is 0.0962. The monoisotopic (exact) mass is 335 g/mol. The van der Waals surface area contributed by atoms with Gasteiger partial charge in [-0.1, -0.05) is 11.6 Å². The van der Waals surface area contributed by atoms with Gasteiger partial charge in [0, 0.05) is 24.7 Å². The van der Waals surface area contributed by atoms with E-state index in [2.05, 4.69) is 4.90 Å². The Morgan fingerprint density at radius 1 is 1.52 bits per heavy atom. The third-order valence-corrected chi connectivity index (χ3v) is 5.90. The lowest BCUT2D eigenvalue weighted by atomic mass is 10.2. The summed E-state index contributed by atoms with van der Waals surface area (Å²) < 4.78 is 40.2. The summed E-state index contributed by atoms with van der Waals surface area (Å²) in [6, 6.07) is 2.43. The van der Waals surface area contributed by atoms with Crippen LogP contribution in [0.3, 0.4) is 0 Å². The van der Waals surface area contributed by atoms with Gasteiger partial charge in [0.15, 0.2) is 5.82 Å². The van der Waals surface area contributed by atoms with Crippen LogP contribution >= 0.6 is 11.6 Å². The third kappa shape index (κ3) is 3.31. The number of halogens is 2. The molecule has 21 heavy (non-hydrogen) atoms. The van der Waals surface area contributed by atoms with E-state index < -0.39 is 20.7 Å². The molecule has 2 rings (SSSR count). The maximum Gasteiger partial charge on any atom is 0.245 e. The first kappa shape index (κ1) is 16.5. The molecule has 0 saturated carbocycles. The van der Waals surface area contributed by atoms with E-state index in [0.29, 0.717) is 6.54 Å². The van der Waals surface area contributed by atoms with Gasteiger partial charge in [0.2, 0.25) is 10.0 Å². The quantitative estimate of drug-likeness (QED) is 0.852. The van der Waals surface area contributed by atoms with Crippen LogP contribution in [0.1, 0.15) is 12.8 Å². The van der Waals surface area contributed by atoms with E-state index in [-0.39, 0.29) is 16.8 Å². The fraction of sp³-hybridized carbons (Fsp3) is 0.538. The van der Waals surface area contributed by atoms with E-state index in [0.717, 1.165) is 29.8 Å². The molecule has 1 heterocycles. The van der Waals surface area contributed by atoms with Crippen LogP contribution in [0.2, 0.25) is 5.02 Å². The first-order valence-corrected chi connectivity index (χ1v) is 8.46. The highest BCUT2D eigenvalue weighted by Crippen LogP contribution is 2.28. The van der Waals surface area contributed by atoms with Gasteiger partial charge in [-0.05, 0) is 38.6 Å². The van der Waals surface area contributed by atoms with Crippen LogP contribution in [0.4, 0.5) is 10.1 Å². The molecule has 0 spiro atoms. The molecule has 1 aliphatic rings. The van der Waals surface area contributed by atoms with Crippen molar-refractivity contribution >= 4 is 27.3 Å². The molecular weight excluding hydrogens is 317 g/mol. The third-order valence-electron chi connectivity index (χ3n) is 3.86. The van der Waals surface area contributed by atoms with Crippen molar-refractivity contribution in [1.82, 2.24) is 9.21 Å². The number of rotatable bonds is 4. The predicted molar refractivity (Wildman–Crippen MR) is 81.3 cm³/mol. The first-order chi connectivity index (χ1) is 9.73. The number of benzene rings is 1. The fourth-order valence-corrected chi connectivity index (χ4v) is 4.16. The summed E-state index contributed by atoms with van der Waals surface area (Å²) in [5, 5.41) is 0.0962. The van der Waals surface area contributed by atoms with Gasteiger partial charge >= 0.3 is 0 Å². The van der Waals surface area contributed by atoms with Crippen molar-refractivity contribution in [3.05, 3.63) is 23.0 Å². The van der Waals surface area contributed by atoms with Crippen LogP contribution in [-0.4, -0.2) is 50.8 Å². The number of hydrogen-bond acceptors (Lipinski definition) is 4. The molecule has 1 unspecified atom stereocenters. The molecule has 1 aromatic carbocycles. The summed E-state index contributed by atoms with van der Waals surface area (Å²) in [4.78, 5) is 1.63. The second-order valence-electron chi connectivity index (χ2n) is 5.37. The van der Waals surface area contributed by atoms with E-state index in [9.17, 15) is 12.8 Å². The molecule has 0 amide bonds. The number of sulfonamides is 1. The van der Waals surface area contributed by atoms with Crippen molar-refractivity contribution in [1.29, 1.82) is 0 Å². The van der Waals surface area contributed by atoms with Gasteiger partial charge in [-0.3, -0.25) is 0 Å². The summed E-state index contributed by atoms with van der Waals surface area (Å²) in [6.45, 7) is 1.25. The van der Waals surface area contributed by atoms with Gasteiger partial charge in [0.1, 0.15) is 4.90 Å². The molecule has 8 heteroatoms. The Morgan fingerprint density at radius 3 is 2.76 bits per heavy atom. The van der Waals surface area contributed by atoms with Crippen molar-refractivity contribution in [3.8, 4) is 0 Å². The average molecular weight is 336 g/mol. The van der Waals surface area contributed by atoms with Gasteiger partial charge in [0.05, 0.1) is 5.69 Å². The van der Waals surface area contributed by atoms with Crippen LogP contribution in [0, 0.1) is 5.82 Å². The van der Waals surface area contributed by atoms with E-state index in [1.165, 1.54) is 13.1 Å². The van der Waals surface area contributed by atoms with Gasteiger partial charge < -0.3 is 10.6 Å². The molecular formula is C13H19ClFN3O2S. The summed E-state index contributed by atoms with van der Waals surface area (Å²) in [5.41, 5.74) is 5.18. The van der Waals surface area contributed by atoms with Crippen LogP contribution in [0.15, 0.2) is 17.0 Å². The molecule has 0 radical (unpaired) electrons. The number of anilines is 1. The Kier molecular flexibility index (Phi) is 4.77. The number of likely N-dealkylation sites (tertiary alicyclic amines) is 1. The predicted octanol–water partition coefficient (Wildman–Crippen LogP) is 1.78. The number of likely N-dealkylation sites (N-methyl/N-ethyl adjacent to an activating group) is 2. The number of nitrogens with two attached hydrogens (primary N) is 1. The molecule has 1 aliphatic heterocycles. The Hall–Kier alpha value is -0.890.